The van der Waals surface area contributed by atoms with Crippen molar-refractivity contribution in [2.45, 2.75) is 9.79 Å². The van der Waals surface area contributed by atoms with E-state index in [0.29, 0.717) is 9.79 Å². The number of benzene rings is 2. The van der Waals surface area contributed by atoms with Crippen LogP contribution in [0.3, 0.4) is 0 Å². The minimum absolute atomic E-state index is 0. The van der Waals surface area contributed by atoms with Crippen LogP contribution in [-0.4, -0.2) is 0 Å². The Kier molecular flexibility index (Phi) is 10.5. The van der Waals surface area contributed by atoms with Gasteiger partial charge in [-0.05, 0) is 12.1 Å². The van der Waals surface area contributed by atoms with Gasteiger partial charge < -0.3 is 10.2 Å². The minimum Gasteiger partial charge on any atom is -0.872 e. The van der Waals surface area contributed by atoms with Gasteiger partial charge >= 0.3 is 103 Å². The largest absolute Gasteiger partial charge is 1.00 e. The van der Waals surface area contributed by atoms with Crippen molar-refractivity contribution in [3.05, 3.63) is 48.5 Å². The van der Waals surface area contributed by atoms with Crippen molar-refractivity contribution in [2.75, 3.05) is 0 Å². The molecule has 2 aromatic rings. The van der Waals surface area contributed by atoms with Gasteiger partial charge in [0, 0.05) is 9.79 Å². The fraction of sp³-hybridized carbons (Fsp3) is 0. The molecule has 0 spiro atoms. The summed E-state index contributed by atoms with van der Waals surface area (Å²) in [6.07, 6.45) is 0. The van der Waals surface area contributed by atoms with E-state index in [2.05, 4.69) is 0 Å². The predicted octanol–water partition coefficient (Wildman–Crippen LogP) is -4.01. The molecule has 0 unspecified atom stereocenters. The Hall–Kier alpha value is 1.66. The van der Waals surface area contributed by atoms with Crippen molar-refractivity contribution in [3.63, 3.8) is 0 Å². The second kappa shape index (κ2) is 9.55. The van der Waals surface area contributed by atoms with Gasteiger partial charge in [0.1, 0.15) is 0 Å². The zero-order valence-corrected chi connectivity index (χ0v) is 16.9. The molecule has 0 atom stereocenters. The molecule has 0 saturated heterocycles. The molecule has 0 fully saturated rings. The van der Waals surface area contributed by atoms with Crippen LogP contribution in [0.4, 0.5) is 0 Å². The van der Waals surface area contributed by atoms with Crippen LogP contribution < -0.4 is 113 Å². The molecule has 2 nitrogen and oxygen atoms in total. The van der Waals surface area contributed by atoms with Gasteiger partial charge in [0.25, 0.3) is 0 Å². The molecule has 2 aromatic carbocycles. The van der Waals surface area contributed by atoms with Gasteiger partial charge in [0.2, 0.25) is 0 Å². The maximum atomic E-state index is 11.4. The number of hydrogen-bond donors (Lipinski definition) is 0. The Bertz CT molecular complexity index is 434. The van der Waals surface area contributed by atoms with Crippen LogP contribution in [0, 0.1) is 0 Å². The fourth-order valence-electron chi connectivity index (χ4n) is 1.19. The maximum Gasteiger partial charge on any atom is 1.00 e. The molecule has 5 heteroatoms. The standard InChI is InChI=1S/C12H10O2S.2K/c13-9-5-1-3-7-11(9)15-12-8-4-2-6-10(12)14;;/h1-8,13-14H;;/q;2*+1/p-2. The zero-order valence-electron chi connectivity index (χ0n) is 9.84. The van der Waals surface area contributed by atoms with E-state index >= 15 is 0 Å². The van der Waals surface area contributed by atoms with E-state index in [0.717, 1.165) is 0 Å². The molecule has 0 radical (unpaired) electrons. The Morgan fingerprint density at radius 1 is 0.647 bits per heavy atom. The third-order valence-electron chi connectivity index (χ3n) is 1.92. The van der Waals surface area contributed by atoms with Crippen molar-refractivity contribution in [2.24, 2.45) is 0 Å². The van der Waals surface area contributed by atoms with E-state index in [1.165, 1.54) is 23.9 Å². The Balaban J connectivity index is 0.00000128. The van der Waals surface area contributed by atoms with Crippen molar-refractivity contribution in [1.82, 2.24) is 0 Å². The first-order valence-electron chi connectivity index (χ1n) is 4.47. The summed E-state index contributed by atoms with van der Waals surface area (Å²) < 4.78 is 0. The molecule has 0 saturated carbocycles. The first kappa shape index (κ1) is 18.7. The first-order valence-corrected chi connectivity index (χ1v) is 5.29. The van der Waals surface area contributed by atoms with Gasteiger partial charge in [0.05, 0.1) is 0 Å². The zero-order chi connectivity index (χ0) is 10.7. The third-order valence-corrected chi connectivity index (χ3v) is 3.03. The molecule has 76 valence electrons. The maximum absolute atomic E-state index is 11.4. The summed E-state index contributed by atoms with van der Waals surface area (Å²) in [6.45, 7) is 0. The predicted molar refractivity (Wildman–Crippen MR) is 55.9 cm³/mol. The quantitative estimate of drug-likeness (QED) is 0.530. The van der Waals surface area contributed by atoms with Gasteiger partial charge in [-0.2, -0.15) is 0 Å². The summed E-state index contributed by atoms with van der Waals surface area (Å²) in [4.78, 5) is 1.17. The van der Waals surface area contributed by atoms with Crippen LogP contribution in [0.15, 0.2) is 58.3 Å². The van der Waals surface area contributed by atoms with Crippen LogP contribution in [-0.2, 0) is 0 Å². The average Bonchev–Trinajstić information content (AvgIpc) is 2.24. The van der Waals surface area contributed by atoms with Gasteiger partial charge in [0.15, 0.2) is 0 Å². The summed E-state index contributed by atoms with van der Waals surface area (Å²) in [5.41, 5.74) is 0. The summed E-state index contributed by atoms with van der Waals surface area (Å²) >= 11 is 1.22. The summed E-state index contributed by atoms with van der Waals surface area (Å²) in [7, 11) is 0. The molecule has 17 heavy (non-hydrogen) atoms. The molecule has 0 amide bonds. The van der Waals surface area contributed by atoms with Crippen molar-refractivity contribution < 1.29 is 113 Å². The van der Waals surface area contributed by atoms with Crippen LogP contribution in [0.2, 0.25) is 0 Å². The molecule has 0 heterocycles. The number of hydrogen-bond acceptors (Lipinski definition) is 3. The molecular formula is C12H8K2O2S. The van der Waals surface area contributed by atoms with Crippen LogP contribution in [0.1, 0.15) is 0 Å². The summed E-state index contributed by atoms with van der Waals surface area (Å²) in [5, 5.41) is 22.8. The van der Waals surface area contributed by atoms with Crippen molar-refractivity contribution in [3.8, 4) is 11.5 Å². The van der Waals surface area contributed by atoms with E-state index in [-0.39, 0.29) is 114 Å². The molecule has 0 N–H and O–H groups in total. The van der Waals surface area contributed by atoms with Crippen LogP contribution in [0.25, 0.3) is 0 Å². The van der Waals surface area contributed by atoms with E-state index in [1.54, 1.807) is 36.4 Å². The Labute approximate surface area is 190 Å². The van der Waals surface area contributed by atoms with E-state index < -0.39 is 0 Å². The number of para-hydroxylation sites is 2. The molecule has 0 aliphatic heterocycles. The van der Waals surface area contributed by atoms with Crippen LogP contribution in [0.5, 0.6) is 11.5 Å². The monoisotopic (exact) mass is 294 g/mol. The first-order chi connectivity index (χ1) is 7.27. The van der Waals surface area contributed by atoms with Gasteiger partial charge in [-0.1, -0.05) is 59.7 Å². The normalized spacial score (nSPS) is 8.94. The summed E-state index contributed by atoms with van der Waals surface area (Å²) in [5.74, 6) is -0.100. The van der Waals surface area contributed by atoms with Gasteiger partial charge in [-0.3, -0.25) is 0 Å². The van der Waals surface area contributed by atoms with E-state index in [1.807, 2.05) is 0 Å². The fourth-order valence-corrected chi connectivity index (χ4v) is 2.05. The molecule has 0 bridgehead atoms. The third kappa shape index (κ3) is 5.66. The van der Waals surface area contributed by atoms with E-state index in [9.17, 15) is 10.2 Å². The Morgan fingerprint density at radius 2 is 1.00 bits per heavy atom. The SMILES string of the molecule is [K+].[K+].[O-]c1ccccc1Sc1ccccc1[O-]. The van der Waals surface area contributed by atoms with Gasteiger partial charge in [-0.15, -0.1) is 0 Å². The topological polar surface area (TPSA) is 46.1 Å². The molecule has 0 aromatic heterocycles. The van der Waals surface area contributed by atoms with Crippen LogP contribution >= 0.6 is 11.8 Å². The van der Waals surface area contributed by atoms with Gasteiger partial charge in [-0.25, -0.2) is 0 Å². The second-order valence-electron chi connectivity index (χ2n) is 3.00. The van der Waals surface area contributed by atoms with E-state index in [4.69, 9.17) is 0 Å². The second-order valence-corrected chi connectivity index (χ2v) is 4.08. The summed E-state index contributed by atoms with van der Waals surface area (Å²) in [6, 6.07) is 13.4. The molecule has 2 rings (SSSR count). The molecule has 0 aliphatic rings. The minimum atomic E-state index is -0.0502. The van der Waals surface area contributed by atoms with Crippen molar-refractivity contribution >= 4 is 11.8 Å². The molecule has 0 aliphatic carbocycles. The smallest absolute Gasteiger partial charge is 0.872 e. The Morgan fingerprint density at radius 3 is 1.35 bits per heavy atom. The number of rotatable bonds is 2. The molecular weight excluding hydrogens is 286 g/mol. The average molecular weight is 294 g/mol. The van der Waals surface area contributed by atoms with Crippen molar-refractivity contribution in [1.29, 1.82) is 0 Å².